The summed E-state index contributed by atoms with van der Waals surface area (Å²) in [6.07, 6.45) is 4.17. The lowest BCUT2D eigenvalue weighted by molar-refractivity contribution is -0.158. The summed E-state index contributed by atoms with van der Waals surface area (Å²) in [5.74, 6) is 0.501. The van der Waals surface area contributed by atoms with Crippen LogP contribution in [0.5, 0.6) is 5.75 Å². The van der Waals surface area contributed by atoms with Crippen molar-refractivity contribution >= 4 is 11.9 Å². The highest BCUT2D eigenvalue weighted by molar-refractivity contribution is 5.90. The molecule has 1 aliphatic rings. The Morgan fingerprint density at radius 2 is 1.79 bits per heavy atom. The predicted octanol–water partition coefficient (Wildman–Crippen LogP) is 3.61. The zero-order chi connectivity index (χ0) is 17.5. The average molecular weight is 334 g/mol. The van der Waals surface area contributed by atoms with Crippen molar-refractivity contribution in [2.45, 2.75) is 45.6 Å². The molecular weight excluding hydrogens is 308 g/mol. The Morgan fingerprint density at radius 1 is 1.12 bits per heavy atom. The van der Waals surface area contributed by atoms with Crippen LogP contribution in [0, 0.1) is 11.8 Å². The van der Waals surface area contributed by atoms with E-state index in [1.54, 1.807) is 31.4 Å². The fraction of sp³-hybridized carbons (Fsp3) is 0.579. The zero-order valence-electron chi connectivity index (χ0n) is 14.6. The maximum Gasteiger partial charge on any atom is 0.344 e. The van der Waals surface area contributed by atoms with E-state index in [9.17, 15) is 9.59 Å². The number of esters is 2. The smallest absolute Gasteiger partial charge is 0.344 e. The second-order valence-electron chi connectivity index (χ2n) is 6.53. The minimum atomic E-state index is -0.543. The van der Waals surface area contributed by atoms with Crippen LogP contribution >= 0.6 is 0 Å². The monoisotopic (exact) mass is 334 g/mol. The van der Waals surface area contributed by atoms with Gasteiger partial charge < -0.3 is 14.2 Å². The molecule has 0 aromatic heterocycles. The van der Waals surface area contributed by atoms with Gasteiger partial charge in [-0.15, -0.1) is 0 Å². The maximum atomic E-state index is 12.0. The molecule has 5 nitrogen and oxygen atoms in total. The molecule has 1 aromatic carbocycles. The van der Waals surface area contributed by atoms with Gasteiger partial charge in [-0.25, -0.2) is 9.59 Å². The first-order valence-corrected chi connectivity index (χ1v) is 8.52. The van der Waals surface area contributed by atoms with Crippen LogP contribution in [-0.4, -0.2) is 31.8 Å². The van der Waals surface area contributed by atoms with Gasteiger partial charge in [0.15, 0.2) is 6.61 Å². The Balaban J connectivity index is 1.82. The molecule has 0 amide bonds. The molecule has 24 heavy (non-hydrogen) atoms. The van der Waals surface area contributed by atoms with Crippen LogP contribution in [0.3, 0.4) is 0 Å². The van der Waals surface area contributed by atoms with Crippen LogP contribution in [0.2, 0.25) is 0 Å². The minimum absolute atomic E-state index is 0.0639. The van der Waals surface area contributed by atoms with Gasteiger partial charge in [-0.05, 0) is 55.4 Å². The molecule has 0 heterocycles. The van der Waals surface area contributed by atoms with Crippen LogP contribution in [0.1, 0.15) is 49.9 Å². The van der Waals surface area contributed by atoms with E-state index in [0.717, 1.165) is 19.3 Å². The Kier molecular flexibility index (Phi) is 6.64. The van der Waals surface area contributed by atoms with E-state index in [1.807, 2.05) is 0 Å². The molecule has 0 bridgehead atoms. The first-order valence-electron chi connectivity index (χ1n) is 8.52. The van der Waals surface area contributed by atoms with Crippen molar-refractivity contribution < 1.29 is 23.8 Å². The summed E-state index contributed by atoms with van der Waals surface area (Å²) >= 11 is 0. The number of methoxy groups -OCH3 is 1. The average Bonchev–Trinajstić information content (AvgIpc) is 2.60. The lowest BCUT2D eigenvalue weighted by Gasteiger charge is -2.33. The number of carbonyl (C=O) groups excluding carboxylic acids is 2. The first-order chi connectivity index (χ1) is 11.5. The topological polar surface area (TPSA) is 61.8 Å². The highest BCUT2D eigenvalue weighted by Gasteiger charge is 2.30. The lowest BCUT2D eigenvalue weighted by Crippen LogP contribution is -2.34. The molecule has 0 spiro atoms. The molecule has 0 saturated heterocycles. The molecule has 1 aliphatic carbocycles. The highest BCUT2D eigenvalue weighted by atomic mass is 16.6. The number of ether oxygens (including phenoxy) is 3. The maximum absolute atomic E-state index is 12.0. The van der Waals surface area contributed by atoms with Gasteiger partial charge in [0, 0.05) is 0 Å². The summed E-state index contributed by atoms with van der Waals surface area (Å²) in [6.45, 7) is 3.95. The number of carbonyl (C=O) groups is 2. The van der Waals surface area contributed by atoms with Crippen molar-refractivity contribution in [3.05, 3.63) is 29.8 Å². The molecule has 2 atom stereocenters. The molecule has 0 N–H and O–H groups in total. The van der Waals surface area contributed by atoms with Crippen molar-refractivity contribution in [2.24, 2.45) is 11.8 Å². The van der Waals surface area contributed by atoms with E-state index >= 15 is 0 Å². The second-order valence-corrected chi connectivity index (χ2v) is 6.53. The van der Waals surface area contributed by atoms with Gasteiger partial charge in [0.2, 0.25) is 0 Å². The Hall–Kier alpha value is -2.04. The molecule has 5 heteroatoms. The molecule has 1 saturated carbocycles. The Morgan fingerprint density at radius 3 is 2.42 bits per heavy atom. The highest BCUT2D eigenvalue weighted by Crippen LogP contribution is 2.32. The van der Waals surface area contributed by atoms with Crippen molar-refractivity contribution in [1.82, 2.24) is 0 Å². The summed E-state index contributed by atoms with van der Waals surface area (Å²) in [5, 5.41) is 0. The first kappa shape index (κ1) is 18.3. The zero-order valence-corrected chi connectivity index (χ0v) is 14.6. The predicted molar refractivity (Wildman–Crippen MR) is 90.0 cm³/mol. The third kappa shape index (κ3) is 4.98. The molecule has 1 aromatic rings. The molecule has 2 unspecified atom stereocenters. The summed E-state index contributed by atoms with van der Waals surface area (Å²) in [6, 6.07) is 6.54. The van der Waals surface area contributed by atoms with E-state index in [0.29, 0.717) is 23.1 Å². The van der Waals surface area contributed by atoms with Crippen LogP contribution in [0.25, 0.3) is 0 Å². The standard InChI is InChI=1S/C19H26O5/c1-13(2)16-6-4-5-7-17(16)24-18(20)12-23-19(21)14-8-10-15(22-3)11-9-14/h8-11,13,16-17H,4-7,12H2,1-3H3. The van der Waals surface area contributed by atoms with Gasteiger partial charge in [0.25, 0.3) is 0 Å². The summed E-state index contributed by atoms with van der Waals surface area (Å²) in [7, 11) is 1.55. The second kappa shape index (κ2) is 8.71. The fourth-order valence-corrected chi connectivity index (χ4v) is 3.17. The van der Waals surface area contributed by atoms with Gasteiger partial charge in [0.1, 0.15) is 11.9 Å². The van der Waals surface area contributed by atoms with E-state index < -0.39 is 11.9 Å². The molecule has 2 rings (SSSR count). The van der Waals surface area contributed by atoms with Gasteiger partial charge in [-0.1, -0.05) is 20.3 Å². The third-order valence-electron chi connectivity index (χ3n) is 4.54. The van der Waals surface area contributed by atoms with E-state index in [1.165, 1.54) is 6.42 Å². The normalized spacial score (nSPS) is 20.5. The Labute approximate surface area is 143 Å². The van der Waals surface area contributed by atoms with Crippen molar-refractivity contribution in [3.63, 3.8) is 0 Å². The van der Waals surface area contributed by atoms with Crippen LogP contribution in [0.4, 0.5) is 0 Å². The Bertz CT molecular complexity index is 549. The molecule has 1 fully saturated rings. The third-order valence-corrected chi connectivity index (χ3v) is 4.54. The quantitative estimate of drug-likeness (QED) is 0.744. The molecule has 0 aliphatic heterocycles. The number of hydrogen-bond donors (Lipinski definition) is 0. The van der Waals surface area contributed by atoms with Gasteiger partial charge in [-0.2, -0.15) is 0 Å². The van der Waals surface area contributed by atoms with Gasteiger partial charge in [-0.3, -0.25) is 0 Å². The van der Waals surface area contributed by atoms with E-state index in [2.05, 4.69) is 13.8 Å². The van der Waals surface area contributed by atoms with Crippen LogP contribution in [0.15, 0.2) is 24.3 Å². The van der Waals surface area contributed by atoms with Crippen LogP contribution in [-0.2, 0) is 14.3 Å². The molecule has 0 radical (unpaired) electrons. The lowest BCUT2D eigenvalue weighted by atomic mass is 9.79. The fourth-order valence-electron chi connectivity index (χ4n) is 3.17. The summed E-state index contributed by atoms with van der Waals surface area (Å²) < 4.78 is 15.6. The largest absolute Gasteiger partial charge is 0.497 e. The van der Waals surface area contributed by atoms with Crippen molar-refractivity contribution in [1.29, 1.82) is 0 Å². The number of hydrogen-bond acceptors (Lipinski definition) is 5. The van der Waals surface area contributed by atoms with E-state index in [-0.39, 0.29) is 12.7 Å². The van der Waals surface area contributed by atoms with Crippen molar-refractivity contribution in [3.8, 4) is 5.75 Å². The van der Waals surface area contributed by atoms with Gasteiger partial charge in [0.05, 0.1) is 12.7 Å². The van der Waals surface area contributed by atoms with Crippen LogP contribution < -0.4 is 4.74 Å². The SMILES string of the molecule is COc1ccc(C(=O)OCC(=O)OC2CCCCC2C(C)C)cc1. The summed E-state index contributed by atoms with van der Waals surface area (Å²) in [5.41, 5.74) is 0.376. The summed E-state index contributed by atoms with van der Waals surface area (Å²) in [4.78, 5) is 23.9. The van der Waals surface area contributed by atoms with Gasteiger partial charge >= 0.3 is 11.9 Å². The van der Waals surface area contributed by atoms with E-state index in [4.69, 9.17) is 14.2 Å². The molecule has 132 valence electrons. The minimum Gasteiger partial charge on any atom is -0.497 e. The number of benzene rings is 1. The molecular formula is C19H26O5. The van der Waals surface area contributed by atoms with Crippen molar-refractivity contribution in [2.75, 3.05) is 13.7 Å². The number of rotatable bonds is 6.